The zero-order chi connectivity index (χ0) is 23.0. The minimum absolute atomic E-state index is 0.195. The lowest BCUT2D eigenvalue weighted by molar-refractivity contribution is -0.217. The Bertz CT molecular complexity index is 1030. The Hall–Kier alpha value is -2.96. The summed E-state index contributed by atoms with van der Waals surface area (Å²) in [6, 6.07) is 6.55. The Morgan fingerprint density at radius 2 is 2.25 bits per heavy atom. The number of epoxide rings is 1. The largest absolute Gasteiger partial charge is 0.390 e. The Labute approximate surface area is 187 Å². The molecule has 8 heteroatoms. The molecule has 1 aromatic rings. The van der Waals surface area contributed by atoms with E-state index in [-0.39, 0.29) is 31.5 Å². The van der Waals surface area contributed by atoms with Crippen LogP contribution in [0.5, 0.6) is 0 Å². The van der Waals surface area contributed by atoms with E-state index in [1.165, 1.54) is 5.06 Å². The molecule has 1 aliphatic carbocycles. The predicted molar refractivity (Wildman–Crippen MR) is 116 cm³/mol. The lowest BCUT2D eigenvalue weighted by Crippen LogP contribution is -2.60. The second kappa shape index (κ2) is 8.52. The number of aliphatic hydroxyl groups is 1. The summed E-state index contributed by atoms with van der Waals surface area (Å²) in [4.78, 5) is 31.8. The van der Waals surface area contributed by atoms with Crippen molar-refractivity contribution in [3.05, 3.63) is 60.2 Å². The second-order valence-electron chi connectivity index (χ2n) is 8.49. The van der Waals surface area contributed by atoms with E-state index in [9.17, 15) is 14.7 Å². The summed E-state index contributed by atoms with van der Waals surface area (Å²) >= 11 is 0. The zero-order valence-electron chi connectivity index (χ0n) is 17.9. The summed E-state index contributed by atoms with van der Waals surface area (Å²) in [5, 5.41) is 15.1. The fraction of sp³-hybridized carbons (Fsp3) is 0.417. The molecule has 6 atom stereocenters. The molecule has 0 spiro atoms. The number of hydroxylamine groups is 2. The van der Waals surface area contributed by atoms with Crippen molar-refractivity contribution >= 4 is 11.8 Å². The van der Waals surface area contributed by atoms with Crippen LogP contribution in [0.4, 0.5) is 0 Å². The number of allylic oxidation sites excluding steroid dienone is 1. The third-order valence-electron chi connectivity index (χ3n) is 6.09. The fourth-order valence-electron chi connectivity index (χ4n) is 4.64. The number of aliphatic hydroxyl groups excluding tert-OH is 1. The molecule has 4 N–H and O–H groups in total. The van der Waals surface area contributed by atoms with E-state index in [4.69, 9.17) is 15.3 Å². The number of primary amides is 1. The molecule has 0 aromatic heterocycles. The lowest BCUT2D eigenvalue weighted by Gasteiger charge is -2.35. The van der Waals surface area contributed by atoms with E-state index >= 15 is 0 Å². The first-order chi connectivity index (χ1) is 15.3. The van der Waals surface area contributed by atoms with Gasteiger partial charge < -0.3 is 20.9 Å². The maximum Gasteiger partial charge on any atom is 0.252 e. The van der Waals surface area contributed by atoms with Crippen molar-refractivity contribution in [3.8, 4) is 11.8 Å². The number of nitrogens with two attached hydrogens (primary N) is 1. The van der Waals surface area contributed by atoms with Crippen LogP contribution in [0.3, 0.4) is 0 Å². The van der Waals surface area contributed by atoms with Gasteiger partial charge in [0.1, 0.15) is 12.1 Å². The summed E-state index contributed by atoms with van der Waals surface area (Å²) in [7, 11) is 0. The van der Waals surface area contributed by atoms with Gasteiger partial charge in [0.15, 0.2) is 5.60 Å². The molecule has 32 heavy (non-hydrogen) atoms. The van der Waals surface area contributed by atoms with E-state index < -0.39 is 35.7 Å². The smallest absolute Gasteiger partial charge is 0.252 e. The van der Waals surface area contributed by atoms with Crippen LogP contribution < -0.4 is 11.1 Å². The molecule has 2 heterocycles. The van der Waals surface area contributed by atoms with Gasteiger partial charge in [0.05, 0.1) is 24.7 Å². The van der Waals surface area contributed by atoms with Crippen molar-refractivity contribution in [1.29, 1.82) is 0 Å². The highest BCUT2D eigenvalue weighted by atomic mass is 16.7. The van der Waals surface area contributed by atoms with Crippen LogP contribution in [0.25, 0.3) is 0 Å². The van der Waals surface area contributed by atoms with Crippen LogP contribution in [0.1, 0.15) is 24.5 Å². The second-order valence-corrected chi connectivity index (χ2v) is 8.49. The van der Waals surface area contributed by atoms with Crippen molar-refractivity contribution in [2.45, 2.75) is 49.8 Å². The average molecular weight is 437 g/mol. The van der Waals surface area contributed by atoms with Gasteiger partial charge in [-0.1, -0.05) is 36.6 Å². The zero-order valence-corrected chi connectivity index (χ0v) is 17.9. The predicted octanol–water partition coefficient (Wildman–Crippen LogP) is 0.405. The van der Waals surface area contributed by atoms with Gasteiger partial charge in [-0.2, -0.15) is 5.06 Å². The van der Waals surface area contributed by atoms with Crippen molar-refractivity contribution in [1.82, 2.24) is 10.4 Å². The molecule has 3 aliphatic rings. The van der Waals surface area contributed by atoms with E-state index in [2.05, 4.69) is 30.3 Å². The van der Waals surface area contributed by atoms with Gasteiger partial charge in [-0.25, -0.2) is 0 Å². The Kier molecular flexibility index (Phi) is 5.93. The molecule has 2 aliphatic heterocycles. The third-order valence-corrected chi connectivity index (χ3v) is 6.09. The number of amides is 2. The molecule has 0 bridgehead atoms. The van der Waals surface area contributed by atoms with Gasteiger partial charge in [-0.3, -0.25) is 14.4 Å². The highest BCUT2D eigenvalue weighted by Crippen LogP contribution is 2.53. The van der Waals surface area contributed by atoms with E-state index in [1.807, 2.05) is 31.2 Å². The Morgan fingerprint density at radius 1 is 1.47 bits per heavy atom. The van der Waals surface area contributed by atoms with Gasteiger partial charge in [-0.15, -0.1) is 6.58 Å². The number of fused-ring (bicyclic) bond motifs is 2. The Balaban J connectivity index is 1.67. The minimum Gasteiger partial charge on any atom is -0.390 e. The van der Waals surface area contributed by atoms with Crippen LogP contribution in [-0.2, 0) is 25.7 Å². The van der Waals surface area contributed by atoms with Crippen molar-refractivity contribution < 1.29 is 24.3 Å². The van der Waals surface area contributed by atoms with Crippen LogP contribution >= 0.6 is 0 Å². The highest BCUT2D eigenvalue weighted by molar-refractivity contribution is 5.89. The summed E-state index contributed by atoms with van der Waals surface area (Å²) in [6.07, 6.45) is -0.0441. The Morgan fingerprint density at radius 3 is 2.94 bits per heavy atom. The van der Waals surface area contributed by atoms with Crippen molar-refractivity contribution in [2.24, 2.45) is 11.7 Å². The fourth-order valence-corrected chi connectivity index (χ4v) is 4.64. The summed E-state index contributed by atoms with van der Waals surface area (Å²) < 4.78 is 5.50. The van der Waals surface area contributed by atoms with Gasteiger partial charge in [0.25, 0.3) is 5.91 Å². The number of nitrogens with one attached hydrogen (secondary N) is 1. The molecule has 0 radical (unpaired) electrons. The number of nitrogens with zero attached hydrogens (tertiary/aromatic N) is 1. The number of benzene rings is 1. The van der Waals surface area contributed by atoms with E-state index in [0.717, 1.165) is 16.7 Å². The molecule has 8 nitrogen and oxygen atoms in total. The molecule has 0 unspecified atom stereocenters. The summed E-state index contributed by atoms with van der Waals surface area (Å²) in [5.74, 6) is 4.01. The molecule has 2 saturated heterocycles. The van der Waals surface area contributed by atoms with Crippen LogP contribution in [0, 0.1) is 17.8 Å². The van der Waals surface area contributed by atoms with Gasteiger partial charge >= 0.3 is 0 Å². The number of hydrogen-bond acceptors (Lipinski definition) is 6. The molecule has 1 aromatic carbocycles. The highest BCUT2D eigenvalue weighted by Gasteiger charge is 2.72. The molecule has 168 valence electrons. The van der Waals surface area contributed by atoms with E-state index in [0.29, 0.717) is 0 Å². The van der Waals surface area contributed by atoms with Crippen LogP contribution in [-0.4, -0.2) is 58.5 Å². The molecular weight excluding hydrogens is 410 g/mol. The van der Waals surface area contributed by atoms with Gasteiger partial charge in [0.2, 0.25) is 5.91 Å². The summed E-state index contributed by atoms with van der Waals surface area (Å²) in [5.41, 5.74) is 6.60. The molecule has 2 amide bonds. The number of carbonyl (C=O) groups is 2. The lowest BCUT2D eigenvalue weighted by atomic mass is 9.70. The number of carbonyl (C=O) groups excluding carboxylic acids is 2. The third kappa shape index (κ3) is 3.96. The molecule has 1 saturated carbocycles. The number of hydrogen-bond donors (Lipinski definition) is 3. The maximum absolute atomic E-state index is 13.1. The van der Waals surface area contributed by atoms with Crippen LogP contribution in [0.15, 0.2) is 49.1 Å². The van der Waals surface area contributed by atoms with Crippen molar-refractivity contribution in [2.75, 3.05) is 6.54 Å². The van der Waals surface area contributed by atoms with Gasteiger partial charge in [0, 0.05) is 18.5 Å². The first-order valence-electron chi connectivity index (χ1n) is 10.5. The first kappa shape index (κ1) is 22.2. The topological polar surface area (TPSA) is 117 Å². The standard InChI is InChI=1S/C24H27N3O5/c1-4-10-26-22(29)19-18-20(28)21-17(31-21)12-24(18,23(25)30)32-27(19)13-16-7-5-6-15(11-16)9-8-14(2)3/h4-7,11,17-21,28H,1-2,10,12-13H2,3H3,(H2,25,30)(H,26,29)/t17-,18+,19-,20-,21-,24-/m0/s1. The normalized spacial score (nSPS) is 32.6. The first-order valence-corrected chi connectivity index (χ1v) is 10.5. The SMILES string of the molecule is C=CCNC(=O)[C@@H]1[C@@H]2[C@H](O)[C@H]3O[C@H]3C[C@]2(C(N)=O)ON1Cc1cccc(C#CC(=C)C)c1. The maximum atomic E-state index is 13.1. The summed E-state index contributed by atoms with van der Waals surface area (Å²) in [6.45, 7) is 9.66. The quantitative estimate of drug-likeness (QED) is 0.337. The average Bonchev–Trinajstić information content (AvgIpc) is 3.44. The molecule has 4 rings (SSSR count). The number of ether oxygens (including phenoxy) is 1. The van der Waals surface area contributed by atoms with Crippen molar-refractivity contribution in [3.63, 3.8) is 0 Å². The molecule has 3 fully saturated rings. The van der Waals surface area contributed by atoms with Crippen LogP contribution in [0.2, 0.25) is 0 Å². The molecular formula is C24H27N3O5. The van der Waals surface area contributed by atoms with Gasteiger partial charge in [-0.05, 0) is 30.2 Å². The van der Waals surface area contributed by atoms with E-state index in [1.54, 1.807) is 6.08 Å². The number of rotatable bonds is 6. The minimum atomic E-state index is -1.52. The monoisotopic (exact) mass is 437 g/mol.